The summed E-state index contributed by atoms with van der Waals surface area (Å²) in [6.07, 6.45) is 0.954. The Morgan fingerprint density at radius 2 is 1.80 bits per heavy atom. The summed E-state index contributed by atoms with van der Waals surface area (Å²) in [4.78, 5) is 18.4. The van der Waals surface area contributed by atoms with Gasteiger partial charge in [-0.05, 0) is 53.8 Å². The van der Waals surface area contributed by atoms with Gasteiger partial charge in [0.1, 0.15) is 6.73 Å². The summed E-state index contributed by atoms with van der Waals surface area (Å²) in [5.41, 5.74) is 3.50. The predicted octanol–water partition coefficient (Wildman–Crippen LogP) is 5.37. The molecule has 7 nitrogen and oxygen atoms in total. The minimum Gasteiger partial charge on any atom is -0.477 e. The van der Waals surface area contributed by atoms with E-state index in [1.165, 1.54) is 16.8 Å². The number of fused-ring (bicyclic) bond motifs is 1. The number of aromatic carboxylic acids is 1. The van der Waals surface area contributed by atoms with E-state index in [0.717, 1.165) is 43.0 Å². The second-order valence-electron chi connectivity index (χ2n) is 8.81. The van der Waals surface area contributed by atoms with Gasteiger partial charge in [-0.2, -0.15) is 5.10 Å². The van der Waals surface area contributed by atoms with Gasteiger partial charge < -0.3 is 14.7 Å². The van der Waals surface area contributed by atoms with E-state index in [4.69, 9.17) is 4.74 Å². The number of aromatic nitrogens is 3. The molecule has 0 radical (unpaired) electrons. The molecule has 1 fully saturated rings. The lowest BCUT2D eigenvalue weighted by Gasteiger charge is -2.28. The smallest absolute Gasteiger partial charge is 0.354 e. The summed E-state index contributed by atoms with van der Waals surface area (Å²) < 4.78 is 34.5. The minimum absolute atomic E-state index is 0.0370. The van der Waals surface area contributed by atoms with Crippen LogP contribution in [0, 0.1) is 11.6 Å². The highest BCUT2D eigenvalue weighted by Gasteiger charge is 2.23. The van der Waals surface area contributed by atoms with Crippen molar-refractivity contribution >= 4 is 22.7 Å². The first-order valence-electron chi connectivity index (χ1n) is 11.4. The van der Waals surface area contributed by atoms with Gasteiger partial charge in [0.25, 0.3) is 0 Å². The van der Waals surface area contributed by atoms with E-state index in [1.807, 2.05) is 38.1 Å². The second kappa shape index (κ2) is 9.07. The number of carboxylic acids is 1. The van der Waals surface area contributed by atoms with Gasteiger partial charge in [0.2, 0.25) is 0 Å². The van der Waals surface area contributed by atoms with E-state index >= 15 is 0 Å². The van der Waals surface area contributed by atoms with Crippen LogP contribution in [0.3, 0.4) is 0 Å². The van der Waals surface area contributed by atoms with Crippen molar-refractivity contribution in [2.24, 2.45) is 0 Å². The summed E-state index contributed by atoms with van der Waals surface area (Å²) in [6.45, 7) is 6.11. The van der Waals surface area contributed by atoms with Gasteiger partial charge in [-0.1, -0.05) is 26.0 Å². The lowest BCUT2D eigenvalue weighted by molar-refractivity contribution is 0.0691. The Labute approximate surface area is 200 Å². The van der Waals surface area contributed by atoms with Gasteiger partial charge in [0.05, 0.1) is 23.4 Å². The zero-order valence-corrected chi connectivity index (χ0v) is 19.3. The zero-order chi connectivity index (χ0) is 24.7. The third-order valence-corrected chi connectivity index (χ3v) is 6.09. The van der Waals surface area contributed by atoms with Crippen LogP contribution in [0.2, 0.25) is 0 Å². The van der Waals surface area contributed by atoms with Crippen LogP contribution in [0.15, 0.2) is 48.5 Å². The number of carboxylic acid groups (broad SMARTS) is 1. The fourth-order valence-corrected chi connectivity index (χ4v) is 4.33. The van der Waals surface area contributed by atoms with Crippen molar-refractivity contribution in [2.45, 2.75) is 26.2 Å². The maximum atomic E-state index is 14.0. The van der Waals surface area contributed by atoms with Crippen LogP contribution in [-0.4, -0.2) is 45.7 Å². The zero-order valence-electron chi connectivity index (χ0n) is 19.3. The van der Waals surface area contributed by atoms with Crippen molar-refractivity contribution in [3.05, 3.63) is 71.6 Å². The molecule has 2 aromatic heterocycles. The van der Waals surface area contributed by atoms with Crippen molar-refractivity contribution < 1.29 is 23.4 Å². The Hall–Kier alpha value is -3.85. The van der Waals surface area contributed by atoms with Gasteiger partial charge in [0, 0.05) is 18.3 Å². The lowest BCUT2D eigenvalue weighted by atomic mass is 9.97. The topological polar surface area (TPSA) is 80.5 Å². The molecule has 9 heteroatoms. The van der Waals surface area contributed by atoms with Crippen LogP contribution in [-0.2, 0) is 4.74 Å². The SMILES string of the molecule is CC(C)c1nn(-c2ccc(F)c(F)c2)c2nc(C(=O)O)cc(-c3ccc(N4CCCOC4)cc3)c12. The normalized spacial score (nSPS) is 14.1. The molecule has 0 saturated carbocycles. The summed E-state index contributed by atoms with van der Waals surface area (Å²) in [7, 11) is 0. The Bertz CT molecular complexity index is 1410. The molecule has 0 unspecified atom stereocenters. The molecule has 1 aliphatic rings. The first-order chi connectivity index (χ1) is 16.8. The molecule has 1 aliphatic heterocycles. The quantitative estimate of drug-likeness (QED) is 0.415. The number of anilines is 1. The largest absolute Gasteiger partial charge is 0.477 e. The number of nitrogens with zero attached hydrogens (tertiary/aromatic N) is 4. The number of halogens is 2. The molecule has 0 aliphatic carbocycles. The van der Waals surface area contributed by atoms with Crippen molar-refractivity contribution in [1.29, 1.82) is 0 Å². The molecule has 180 valence electrons. The van der Waals surface area contributed by atoms with Crippen molar-refractivity contribution in [3.8, 4) is 16.8 Å². The summed E-state index contributed by atoms with van der Waals surface area (Å²) in [6, 6.07) is 12.8. The van der Waals surface area contributed by atoms with Crippen LogP contribution in [0.4, 0.5) is 14.5 Å². The van der Waals surface area contributed by atoms with Gasteiger partial charge >= 0.3 is 5.97 Å². The molecule has 0 bridgehead atoms. The number of carbonyl (C=O) groups is 1. The highest BCUT2D eigenvalue weighted by atomic mass is 19.2. The number of benzene rings is 2. The van der Waals surface area contributed by atoms with Crippen LogP contribution >= 0.6 is 0 Å². The molecule has 35 heavy (non-hydrogen) atoms. The van der Waals surface area contributed by atoms with Crippen LogP contribution in [0.1, 0.15) is 42.4 Å². The van der Waals surface area contributed by atoms with E-state index in [9.17, 15) is 18.7 Å². The third kappa shape index (κ3) is 4.23. The Kier molecular flexibility index (Phi) is 5.94. The molecule has 1 N–H and O–H groups in total. The van der Waals surface area contributed by atoms with Gasteiger partial charge in [-0.15, -0.1) is 0 Å². The minimum atomic E-state index is -1.20. The summed E-state index contributed by atoms with van der Waals surface area (Å²) in [5, 5.41) is 15.1. The monoisotopic (exact) mass is 478 g/mol. The van der Waals surface area contributed by atoms with E-state index in [-0.39, 0.29) is 22.9 Å². The molecule has 2 aromatic carbocycles. The van der Waals surface area contributed by atoms with Crippen LogP contribution in [0.5, 0.6) is 0 Å². The first kappa shape index (κ1) is 22.9. The maximum absolute atomic E-state index is 14.0. The average molecular weight is 478 g/mol. The first-order valence-corrected chi connectivity index (χ1v) is 11.4. The molecule has 0 spiro atoms. The van der Waals surface area contributed by atoms with E-state index in [1.54, 1.807) is 0 Å². The number of rotatable bonds is 5. The number of ether oxygens (including phenoxy) is 1. The molecule has 0 amide bonds. The summed E-state index contributed by atoms with van der Waals surface area (Å²) in [5.74, 6) is -3.23. The Morgan fingerprint density at radius 3 is 2.43 bits per heavy atom. The standard InChI is InChI=1S/C26H24F2N4O3/c1-15(2)24-23-19(16-4-6-17(7-5-16)31-10-3-11-35-14-31)13-22(26(33)34)29-25(23)32(30-24)18-8-9-20(27)21(28)12-18/h4-9,12-13,15H,3,10-11,14H2,1-2H3,(H,33,34). The van der Waals surface area contributed by atoms with Crippen molar-refractivity contribution in [3.63, 3.8) is 0 Å². The van der Waals surface area contributed by atoms with Gasteiger partial charge in [-0.25, -0.2) is 23.2 Å². The molecule has 5 rings (SSSR count). The maximum Gasteiger partial charge on any atom is 0.354 e. The van der Waals surface area contributed by atoms with E-state index < -0.39 is 17.6 Å². The van der Waals surface area contributed by atoms with Gasteiger partial charge in [-0.3, -0.25) is 0 Å². The van der Waals surface area contributed by atoms with E-state index in [2.05, 4.69) is 15.0 Å². The fourth-order valence-electron chi connectivity index (χ4n) is 4.33. The lowest BCUT2D eigenvalue weighted by Crippen LogP contribution is -2.32. The van der Waals surface area contributed by atoms with Gasteiger partial charge in [0.15, 0.2) is 23.0 Å². The second-order valence-corrected chi connectivity index (χ2v) is 8.81. The number of hydrogen-bond donors (Lipinski definition) is 1. The third-order valence-electron chi connectivity index (χ3n) is 6.09. The van der Waals surface area contributed by atoms with Crippen molar-refractivity contribution in [1.82, 2.24) is 14.8 Å². The molecule has 0 atom stereocenters. The highest BCUT2D eigenvalue weighted by molar-refractivity contribution is 6.00. The van der Waals surface area contributed by atoms with Crippen LogP contribution < -0.4 is 4.90 Å². The average Bonchev–Trinajstić information content (AvgIpc) is 3.26. The Morgan fingerprint density at radius 1 is 1.06 bits per heavy atom. The number of pyridine rings is 1. The molecular formula is C26H24F2N4O3. The molecule has 4 aromatic rings. The van der Waals surface area contributed by atoms with Crippen LogP contribution in [0.25, 0.3) is 27.8 Å². The Balaban J connectivity index is 1.72. The highest BCUT2D eigenvalue weighted by Crippen LogP contribution is 2.36. The summed E-state index contributed by atoms with van der Waals surface area (Å²) >= 11 is 0. The molecule has 1 saturated heterocycles. The molecular weight excluding hydrogens is 454 g/mol. The van der Waals surface area contributed by atoms with Crippen molar-refractivity contribution in [2.75, 3.05) is 24.8 Å². The molecule has 3 heterocycles. The number of hydrogen-bond acceptors (Lipinski definition) is 5. The fraction of sp³-hybridized carbons (Fsp3) is 0.269. The van der Waals surface area contributed by atoms with E-state index in [0.29, 0.717) is 23.4 Å². The predicted molar refractivity (Wildman–Crippen MR) is 128 cm³/mol.